The Bertz CT molecular complexity index is 653. The van der Waals surface area contributed by atoms with E-state index < -0.39 is 30.1 Å². The van der Waals surface area contributed by atoms with Crippen LogP contribution in [0.3, 0.4) is 0 Å². The second-order valence-electron chi connectivity index (χ2n) is 4.18. The molecule has 1 saturated heterocycles. The normalized spacial score (nSPS) is 31.1. The highest BCUT2D eigenvalue weighted by molar-refractivity contribution is 5.68. The fourth-order valence-electron chi connectivity index (χ4n) is 2.09. The van der Waals surface area contributed by atoms with E-state index in [0.29, 0.717) is 6.61 Å². The highest BCUT2D eigenvalue weighted by atomic mass is 16.6. The van der Waals surface area contributed by atoms with E-state index in [0.717, 1.165) is 0 Å². The van der Waals surface area contributed by atoms with Crippen LogP contribution < -0.4 is 5.56 Å². The van der Waals surface area contributed by atoms with Gasteiger partial charge in [-0.25, -0.2) is 9.97 Å². The van der Waals surface area contributed by atoms with Crippen molar-refractivity contribution in [3.8, 4) is 0 Å². The van der Waals surface area contributed by atoms with Crippen LogP contribution in [-0.2, 0) is 4.74 Å². The fourth-order valence-corrected chi connectivity index (χ4v) is 2.09. The zero-order valence-electron chi connectivity index (χ0n) is 9.54. The van der Waals surface area contributed by atoms with Crippen LogP contribution in [0.4, 0.5) is 0 Å². The Hall–Kier alpha value is -1.81. The van der Waals surface area contributed by atoms with Crippen LogP contribution in [0.15, 0.2) is 17.4 Å². The summed E-state index contributed by atoms with van der Waals surface area (Å²) in [5.74, 6) is 0. The average molecular weight is 267 g/mol. The molecule has 2 aromatic rings. The molecule has 19 heavy (non-hydrogen) atoms. The molecule has 102 valence electrons. The first-order valence-electron chi connectivity index (χ1n) is 5.53. The van der Waals surface area contributed by atoms with Crippen molar-refractivity contribution in [1.29, 1.82) is 0 Å². The number of nitrogens with zero attached hydrogens (tertiary/aromatic N) is 3. The zero-order valence-corrected chi connectivity index (χ0v) is 9.54. The van der Waals surface area contributed by atoms with Crippen molar-refractivity contribution in [1.82, 2.24) is 19.5 Å². The maximum absolute atomic E-state index is 11.5. The molecule has 0 amide bonds. The lowest BCUT2D eigenvalue weighted by Gasteiger charge is -2.19. The van der Waals surface area contributed by atoms with Gasteiger partial charge in [0.25, 0.3) is 5.56 Å². The Morgan fingerprint density at radius 3 is 2.84 bits per heavy atom. The summed E-state index contributed by atoms with van der Waals surface area (Å²) in [6, 6.07) is 0. The number of ether oxygens (including phenoxy) is 1. The van der Waals surface area contributed by atoms with Crippen LogP contribution >= 0.6 is 0 Å². The van der Waals surface area contributed by atoms with E-state index in [2.05, 4.69) is 15.0 Å². The first-order chi connectivity index (χ1) is 9.13. The van der Waals surface area contributed by atoms with Gasteiger partial charge in [-0.1, -0.05) is 0 Å². The number of aliphatic hydroxyl groups excluding tert-OH is 3. The molecule has 0 bridgehead atoms. The summed E-state index contributed by atoms with van der Waals surface area (Å²) >= 11 is 0. The van der Waals surface area contributed by atoms with Gasteiger partial charge in [-0.2, -0.15) is 6.61 Å². The predicted octanol–water partition coefficient (Wildman–Crippen LogP) is -1.73. The molecule has 3 heterocycles. The molecule has 2 aromatic heterocycles. The summed E-state index contributed by atoms with van der Waals surface area (Å²) in [6.07, 6.45) is -2.05. The van der Waals surface area contributed by atoms with Gasteiger partial charge in [0.1, 0.15) is 6.10 Å². The molecule has 1 aliphatic rings. The molecular formula is C10H11N4O5-. The molecule has 0 spiro atoms. The van der Waals surface area contributed by atoms with Gasteiger partial charge >= 0.3 is 0 Å². The van der Waals surface area contributed by atoms with Crippen LogP contribution in [0.1, 0.15) is 6.23 Å². The first kappa shape index (κ1) is 12.2. The summed E-state index contributed by atoms with van der Waals surface area (Å²) in [7, 11) is 0. The van der Waals surface area contributed by atoms with Crippen LogP contribution in [-0.4, -0.2) is 53.2 Å². The molecule has 3 rings (SSSR count). The number of imidazole rings is 1. The minimum Gasteiger partial charge on any atom is -0.563 e. The quantitative estimate of drug-likeness (QED) is 0.475. The van der Waals surface area contributed by atoms with Gasteiger partial charge in [-0.3, -0.25) is 9.36 Å². The van der Waals surface area contributed by atoms with Crippen molar-refractivity contribution >= 4 is 11.2 Å². The summed E-state index contributed by atoms with van der Waals surface area (Å²) in [6.45, 7) is 0.660. The second-order valence-corrected chi connectivity index (χ2v) is 4.18. The number of H-pyrrole nitrogens is 1. The standard InChI is InChI=1S/C10H11N4O5/c15-1-4-6(16)7(17)10(19-4)14-3-13-5-8(14)11-2-12-9(5)18/h1-4,6-7,10,15-17H,(H,11,12,18)/q-1/t4-,6-,7-,10-/m1/s1. The van der Waals surface area contributed by atoms with Gasteiger partial charge < -0.3 is 25.0 Å². The van der Waals surface area contributed by atoms with E-state index in [1.165, 1.54) is 17.2 Å². The Labute approximate surface area is 106 Å². The first-order valence-corrected chi connectivity index (χ1v) is 5.53. The van der Waals surface area contributed by atoms with E-state index in [-0.39, 0.29) is 11.2 Å². The fraction of sp³-hybridized carbons (Fsp3) is 0.400. The van der Waals surface area contributed by atoms with Gasteiger partial charge in [-0.15, -0.1) is 0 Å². The van der Waals surface area contributed by atoms with E-state index in [4.69, 9.17) is 9.84 Å². The predicted molar refractivity (Wildman–Crippen MR) is 60.3 cm³/mol. The molecule has 0 aromatic carbocycles. The van der Waals surface area contributed by atoms with E-state index in [9.17, 15) is 15.0 Å². The number of aromatic amines is 1. The minimum atomic E-state index is -1.27. The summed E-state index contributed by atoms with van der Waals surface area (Å²) in [5.41, 5.74) is -0.0927. The van der Waals surface area contributed by atoms with Crippen LogP contribution in [0.25, 0.3) is 11.2 Å². The van der Waals surface area contributed by atoms with Gasteiger partial charge in [0, 0.05) is 0 Å². The lowest BCUT2D eigenvalue weighted by molar-refractivity contribution is -0.0361. The third-order valence-electron chi connectivity index (χ3n) is 3.06. The number of hydrogen-bond donors (Lipinski definition) is 4. The number of hydrogen-bond acceptors (Lipinski definition) is 7. The summed E-state index contributed by atoms with van der Waals surface area (Å²) < 4.78 is 6.63. The van der Waals surface area contributed by atoms with E-state index in [1.807, 2.05) is 0 Å². The largest absolute Gasteiger partial charge is 0.563 e. The lowest BCUT2D eigenvalue weighted by atomic mass is 10.1. The third-order valence-corrected chi connectivity index (χ3v) is 3.06. The molecule has 4 N–H and O–H groups in total. The molecule has 4 atom stereocenters. The van der Waals surface area contributed by atoms with Crippen molar-refractivity contribution < 1.29 is 20.1 Å². The maximum atomic E-state index is 11.5. The van der Waals surface area contributed by atoms with Gasteiger partial charge in [-0.05, 0) is 6.10 Å². The number of nitrogens with one attached hydrogen (secondary N) is 1. The zero-order chi connectivity index (χ0) is 13.6. The SMILES string of the molecule is O=c1[nH]cnc2c1ncn2[C@@H]1O[C@H]([CH-]O)[C@@H](O)[C@H]1O. The molecule has 0 unspecified atom stereocenters. The monoisotopic (exact) mass is 267 g/mol. The third kappa shape index (κ3) is 1.75. The lowest BCUT2D eigenvalue weighted by Crippen LogP contribution is -2.31. The molecule has 1 fully saturated rings. The van der Waals surface area contributed by atoms with Gasteiger partial charge in [0.15, 0.2) is 17.4 Å². The molecule has 0 aliphatic carbocycles. The molecular weight excluding hydrogens is 256 g/mol. The van der Waals surface area contributed by atoms with Crippen molar-refractivity contribution in [2.24, 2.45) is 0 Å². The van der Waals surface area contributed by atoms with Gasteiger partial charge in [0.05, 0.1) is 18.8 Å². The second kappa shape index (κ2) is 4.38. The number of aromatic nitrogens is 4. The van der Waals surface area contributed by atoms with E-state index >= 15 is 0 Å². The topological polar surface area (TPSA) is 133 Å². The van der Waals surface area contributed by atoms with Crippen molar-refractivity contribution in [3.05, 3.63) is 29.6 Å². The van der Waals surface area contributed by atoms with E-state index in [1.54, 1.807) is 0 Å². The molecule has 9 nitrogen and oxygen atoms in total. The maximum Gasteiger partial charge on any atom is 0.278 e. The molecule has 9 heteroatoms. The van der Waals surface area contributed by atoms with Crippen molar-refractivity contribution in [2.45, 2.75) is 24.5 Å². The number of fused-ring (bicyclic) bond motifs is 1. The smallest absolute Gasteiger partial charge is 0.278 e. The summed E-state index contributed by atoms with van der Waals surface area (Å²) in [5, 5.41) is 28.5. The Morgan fingerprint density at radius 2 is 2.16 bits per heavy atom. The van der Waals surface area contributed by atoms with Crippen molar-refractivity contribution in [2.75, 3.05) is 0 Å². The van der Waals surface area contributed by atoms with Crippen molar-refractivity contribution in [3.63, 3.8) is 0 Å². The Morgan fingerprint density at radius 1 is 1.37 bits per heavy atom. The minimum absolute atomic E-state index is 0.101. The Kier molecular flexibility index (Phi) is 2.82. The van der Waals surface area contributed by atoms with Crippen LogP contribution in [0, 0.1) is 6.61 Å². The average Bonchev–Trinajstić information content (AvgIpc) is 2.94. The summed E-state index contributed by atoms with van der Waals surface area (Å²) in [4.78, 5) is 21.7. The highest BCUT2D eigenvalue weighted by Gasteiger charge is 2.40. The van der Waals surface area contributed by atoms with Gasteiger partial charge in [0.2, 0.25) is 0 Å². The van der Waals surface area contributed by atoms with Crippen LogP contribution in [0.5, 0.6) is 0 Å². The molecule has 0 radical (unpaired) electrons. The number of rotatable bonds is 2. The Balaban J connectivity index is 2.06. The number of aliphatic hydroxyl groups is 3. The molecule has 1 aliphatic heterocycles. The molecule has 0 saturated carbocycles. The van der Waals surface area contributed by atoms with Crippen LogP contribution in [0.2, 0.25) is 0 Å². The highest BCUT2D eigenvalue weighted by Crippen LogP contribution is 2.31.